The average Bonchev–Trinajstić information content (AvgIpc) is 2.39. The molecule has 1 aromatic rings. The Morgan fingerprint density at radius 3 is 2.89 bits per heavy atom. The Labute approximate surface area is 116 Å². The van der Waals surface area contributed by atoms with E-state index in [4.69, 9.17) is 0 Å². The molecule has 1 N–H and O–H groups in total. The van der Waals surface area contributed by atoms with E-state index < -0.39 is 0 Å². The van der Waals surface area contributed by atoms with Crippen molar-refractivity contribution in [3.8, 4) is 0 Å². The average molecular weight is 260 g/mol. The summed E-state index contributed by atoms with van der Waals surface area (Å²) in [6.45, 7) is 9.03. The van der Waals surface area contributed by atoms with Crippen LogP contribution in [0, 0.1) is 6.92 Å². The molecular formula is C16H24N2O. The van der Waals surface area contributed by atoms with Gasteiger partial charge in [0, 0.05) is 32.1 Å². The molecule has 1 fully saturated rings. The molecule has 0 unspecified atom stereocenters. The number of hydrogen-bond acceptors (Lipinski definition) is 2. The normalized spacial score (nSPS) is 21.2. The second kappa shape index (κ2) is 6.20. The highest BCUT2D eigenvalue weighted by atomic mass is 16.2. The summed E-state index contributed by atoms with van der Waals surface area (Å²) in [6.07, 6.45) is 0.606. The van der Waals surface area contributed by atoms with Gasteiger partial charge in [-0.25, -0.2) is 0 Å². The molecule has 2 rings (SSSR count). The van der Waals surface area contributed by atoms with Crippen LogP contribution in [0.5, 0.6) is 0 Å². The lowest BCUT2D eigenvalue weighted by Crippen LogP contribution is -2.52. The van der Waals surface area contributed by atoms with E-state index in [1.54, 1.807) is 0 Å². The fourth-order valence-electron chi connectivity index (χ4n) is 2.84. The quantitative estimate of drug-likeness (QED) is 0.904. The number of rotatable bonds is 3. The number of piperazine rings is 1. The van der Waals surface area contributed by atoms with Crippen molar-refractivity contribution in [2.75, 3.05) is 19.6 Å². The molecule has 0 spiro atoms. The number of hydrogen-bond donors (Lipinski definition) is 1. The van der Waals surface area contributed by atoms with Crippen molar-refractivity contribution >= 4 is 5.91 Å². The Bertz CT molecular complexity index is 444. The van der Waals surface area contributed by atoms with Crippen LogP contribution in [-0.4, -0.2) is 36.5 Å². The number of nitrogens with one attached hydrogen (secondary N) is 1. The van der Waals surface area contributed by atoms with Crippen molar-refractivity contribution in [3.63, 3.8) is 0 Å². The third kappa shape index (κ3) is 3.35. The second-order valence-corrected chi connectivity index (χ2v) is 5.60. The van der Waals surface area contributed by atoms with E-state index in [0.29, 0.717) is 12.5 Å². The van der Waals surface area contributed by atoms with Gasteiger partial charge in [-0.15, -0.1) is 0 Å². The van der Waals surface area contributed by atoms with Crippen molar-refractivity contribution < 1.29 is 4.79 Å². The molecule has 104 valence electrons. The van der Waals surface area contributed by atoms with Crippen LogP contribution in [0.1, 0.15) is 37.3 Å². The Morgan fingerprint density at radius 2 is 2.21 bits per heavy atom. The summed E-state index contributed by atoms with van der Waals surface area (Å²) in [5.74, 6) is 0.570. The van der Waals surface area contributed by atoms with Gasteiger partial charge in [0.1, 0.15) is 0 Å². The number of nitrogens with zero attached hydrogens (tertiary/aromatic N) is 1. The molecule has 0 aliphatic carbocycles. The summed E-state index contributed by atoms with van der Waals surface area (Å²) in [5.41, 5.74) is 2.56. The third-order valence-corrected chi connectivity index (χ3v) is 4.02. The molecule has 3 nitrogen and oxygen atoms in total. The highest BCUT2D eigenvalue weighted by molar-refractivity contribution is 5.77. The van der Waals surface area contributed by atoms with Crippen LogP contribution in [0.15, 0.2) is 24.3 Å². The molecule has 2 atom stereocenters. The molecule has 1 saturated heterocycles. The van der Waals surface area contributed by atoms with Gasteiger partial charge in [0.15, 0.2) is 0 Å². The number of aryl methyl sites for hydroxylation is 1. The monoisotopic (exact) mass is 260 g/mol. The minimum Gasteiger partial charge on any atom is -0.337 e. The van der Waals surface area contributed by atoms with Crippen LogP contribution >= 0.6 is 0 Å². The molecule has 0 saturated carbocycles. The summed E-state index contributed by atoms with van der Waals surface area (Å²) in [7, 11) is 0. The predicted molar refractivity (Wildman–Crippen MR) is 78.3 cm³/mol. The SMILES string of the molecule is Cc1ccccc1[C@H](C)CC(=O)N1CCNC[C@H]1C. The smallest absolute Gasteiger partial charge is 0.223 e. The van der Waals surface area contributed by atoms with E-state index in [1.807, 2.05) is 11.0 Å². The summed E-state index contributed by atoms with van der Waals surface area (Å²) < 4.78 is 0. The van der Waals surface area contributed by atoms with E-state index in [9.17, 15) is 4.79 Å². The first-order valence-electron chi connectivity index (χ1n) is 7.15. The van der Waals surface area contributed by atoms with Crippen LogP contribution < -0.4 is 5.32 Å². The van der Waals surface area contributed by atoms with Crippen molar-refractivity contribution in [1.82, 2.24) is 10.2 Å². The zero-order valence-corrected chi connectivity index (χ0v) is 12.1. The molecule has 19 heavy (non-hydrogen) atoms. The van der Waals surface area contributed by atoms with Gasteiger partial charge in [-0.1, -0.05) is 31.2 Å². The van der Waals surface area contributed by atoms with Crippen molar-refractivity contribution in [2.45, 2.75) is 39.2 Å². The fourth-order valence-corrected chi connectivity index (χ4v) is 2.84. The van der Waals surface area contributed by atoms with Gasteiger partial charge >= 0.3 is 0 Å². The number of carbonyl (C=O) groups excluding carboxylic acids is 1. The van der Waals surface area contributed by atoms with Crippen molar-refractivity contribution in [3.05, 3.63) is 35.4 Å². The van der Waals surface area contributed by atoms with Gasteiger partial charge in [-0.3, -0.25) is 4.79 Å². The van der Waals surface area contributed by atoms with Crippen molar-refractivity contribution in [1.29, 1.82) is 0 Å². The van der Waals surface area contributed by atoms with Crippen LogP contribution in [0.2, 0.25) is 0 Å². The highest BCUT2D eigenvalue weighted by Gasteiger charge is 2.24. The molecule has 0 bridgehead atoms. The minimum absolute atomic E-state index is 0.282. The lowest BCUT2D eigenvalue weighted by molar-refractivity contribution is -0.134. The molecule has 0 radical (unpaired) electrons. The Morgan fingerprint density at radius 1 is 1.47 bits per heavy atom. The zero-order chi connectivity index (χ0) is 13.8. The lowest BCUT2D eigenvalue weighted by atomic mass is 9.93. The summed E-state index contributed by atoms with van der Waals surface area (Å²) in [4.78, 5) is 14.4. The van der Waals surface area contributed by atoms with Crippen LogP contribution in [-0.2, 0) is 4.79 Å². The van der Waals surface area contributed by atoms with Gasteiger partial charge in [0.2, 0.25) is 5.91 Å². The first kappa shape index (κ1) is 14.1. The summed E-state index contributed by atoms with van der Waals surface area (Å²) in [5, 5.41) is 3.32. The second-order valence-electron chi connectivity index (χ2n) is 5.60. The molecule has 1 amide bonds. The van der Waals surface area contributed by atoms with Crippen LogP contribution in [0.4, 0.5) is 0 Å². The van der Waals surface area contributed by atoms with E-state index in [-0.39, 0.29) is 11.8 Å². The zero-order valence-electron chi connectivity index (χ0n) is 12.1. The van der Waals surface area contributed by atoms with Crippen molar-refractivity contribution in [2.24, 2.45) is 0 Å². The minimum atomic E-state index is 0.282. The Balaban J connectivity index is 2.00. The number of benzene rings is 1. The van der Waals surface area contributed by atoms with E-state index in [2.05, 4.69) is 44.3 Å². The van der Waals surface area contributed by atoms with E-state index >= 15 is 0 Å². The summed E-state index contributed by atoms with van der Waals surface area (Å²) in [6, 6.07) is 8.66. The van der Waals surface area contributed by atoms with E-state index in [1.165, 1.54) is 11.1 Å². The fraction of sp³-hybridized carbons (Fsp3) is 0.562. The van der Waals surface area contributed by atoms with Gasteiger partial charge in [0.05, 0.1) is 0 Å². The predicted octanol–water partition coefficient (Wildman–Crippen LogP) is 2.31. The summed E-state index contributed by atoms with van der Waals surface area (Å²) >= 11 is 0. The largest absolute Gasteiger partial charge is 0.337 e. The number of amides is 1. The molecule has 1 aromatic carbocycles. The topological polar surface area (TPSA) is 32.3 Å². The first-order valence-corrected chi connectivity index (χ1v) is 7.15. The Hall–Kier alpha value is -1.35. The van der Waals surface area contributed by atoms with Gasteiger partial charge < -0.3 is 10.2 Å². The number of carbonyl (C=O) groups is 1. The lowest BCUT2D eigenvalue weighted by Gasteiger charge is -2.34. The molecular weight excluding hydrogens is 236 g/mol. The Kier molecular flexibility index (Phi) is 4.59. The molecule has 3 heteroatoms. The van der Waals surface area contributed by atoms with Gasteiger partial charge in [-0.05, 0) is 30.9 Å². The highest BCUT2D eigenvalue weighted by Crippen LogP contribution is 2.23. The maximum absolute atomic E-state index is 12.4. The molecule has 1 aliphatic heterocycles. The maximum Gasteiger partial charge on any atom is 0.223 e. The first-order chi connectivity index (χ1) is 9.09. The van der Waals surface area contributed by atoms with Gasteiger partial charge in [-0.2, -0.15) is 0 Å². The van der Waals surface area contributed by atoms with Gasteiger partial charge in [0.25, 0.3) is 0 Å². The van der Waals surface area contributed by atoms with E-state index in [0.717, 1.165) is 19.6 Å². The third-order valence-electron chi connectivity index (χ3n) is 4.02. The van der Waals surface area contributed by atoms with Crippen LogP contribution in [0.25, 0.3) is 0 Å². The molecule has 1 heterocycles. The molecule has 1 aliphatic rings. The van der Waals surface area contributed by atoms with Crippen LogP contribution in [0.3, 0.4) is 0 Å². The maximum atomic E-state index is 12.4. The molecule has 0 aromatic heterocycles. The standard InChI is InChI=1S/C16H24N2O/c1-12-6-4-5-7-15(12)13(2)10-16(19)18-9-8-17-11-14(18)3/h4-7,13-14,17H,8-11H2,1-3H3/t13-,14-/m1/s1.